The van der Waals surface area contributed by atoms with Crippen molar-refractivity contribution in [2.75, 3.05) is 5.73 Å². The van der Waals surface area contributed by atoms with Gasteiger partial charge < -0.3 is 10.3 Å². The van der Waals surface area contributed by atoms with Gasteiger partial charge in [-0.05, 0) is 75.6 Å². The van der Waals surface area contributed by atoms with Crippen LogP contribution >= 0.6 is 0 Å². The van der Waals surface area contributed by atoms with Gasteiger partial charge in [0.2, 0.25) is 0 Å². The van der Waals surface area contributed by atoms with Gasteiger partial charge in [0.1, 0.15) is 5.65 Å². The van der Waals surface area contributed by atoms with Gasteiger partial charge in [-0.3, -0.25) is 0 Å². The largest absolute Gasteiger partial charge is 0.398 e. The van der Waals surface area contributed by atoms with E-state index >= 15 is 0 Å². The zero-order valence-corrected chi connectivity index (χ0v) is 16.2. The van der Waals surface area contributed by atoms with Crippen LogP contribution in [-0.2, 0) is 25.8 Å². The summed E-state index contributed by atoms with van der Waals surface area (Å²) < 4.78 is 2.38. The topological polar surface area (TPSA) is 43.8 Å². The highest BCUT2D eigenvalue weighted by Crippen LogP contribution is 2.38. The average Bonchev–Trinajstić information content (AvgIpc) is 2.95. The lowest BCUT2D eigenvalue weighted by Crippen LogP contribution is -2.10. The van der Waals surface area contributed by atoms with E-state index in [0.29, 0.717) is 0 Å². The molecule has 136 valence electrons. The third kappa shape index (κ3) is 2.80. The maximum atomic E-state index is 6.72. The van der Waals surface area contributed by atoms with Gasteiger partial charge in [-0.2, -0.15) is 0 Å². The number of hydrogen-bond donors (Lipinski definition) is 1. The number of nitrogens with two attached hydrogens (primary N) is 1. The van der Waals surface area contributed by atoms with Gasteiger partial charge in [0, 0.05) is 23.3 Å². The molecule has 1 aliphatic carbocycles. The summed E-state index contributed by atoms with van der Waals surface area (Å²) in [5, 5.41) is 2.45. The van der Waals surface area contributed by atoms with Crippen molar-refractivity contribution >= 4 is 27.6 Å². The number of hydrogen-bond acceptors (Lipinski definition) is 2. The van der Waals surface area contributed by atoms with Crippen LogP contribution < -0.4 is 5.73 Å². The molecule has 2 heterocycles. The van der Waals surface area contributed by atoms with Gasteiger partial charge in [0.15, 0.2) is 0 Å². The Kier molecular flexibility index (Phi) is 4.47. The summed E-state index contributed by atoms with van der Waals surface area (Å²) in [6.07, 6.45) is 8.95. The monoisotopic (exact) mass is 347 g/mol. The van der Waals surface area contributed by atoms with E-state index in [1.54, 1.807) is 0 Å². The number of benzene rings is 1. The van der Waals surface area contributed by atoms with Crippen molar-refractivity contribution in [1.82, 2.24) is 9.55 Å². The summed E-state index contributed by atoms with van der Waals surface area (Å²) in [6, 6.07) is 6.83. The van der Waals surface area contributed by atoms with Crippen LogP contribution in [0.25, 0.3) is 21.9 Å². The highest BCUT2D eigenvalue weighted by Gasteiger charge is 2.21. The van der Waals surface area contributed by atoms with Crippen LogP contribution in [0.2, 0.25) is 0 Å². The summed E-state index contributed by atoms with van der Waals surface area (Å²) in [5.41, 5.74) is 15.3. The average molecular weight is 348 g/mol. The van der Waals surface area contributed by atoms with Crippen molar-refractivity contribution in [2.45, 2.75) is 65.8 Å². The zero-order chi connectivity index (χ0) is 18.3. The van der Waals surface area contributed by atoms with E-state index in [2.05, 4.69) is 49.6 Å². The molecule has 2 aromatic heterocycles. The Hall–Kier alpha value is -2.29. The minimum atomic E-state index is 0.946. The number of nitrogens with zero attached hydrogens (tertiary/aromatic N) is 2. The van der Waals surface area contributed by atoms with E-state index in [0.717, 1.165) is 43.6 Å². The molecule has 0 atom stereocenters. The first-order valence-electron chi connectivity index (χ1n) is 9.95. The molecule has 26 heavy (non-hydrogen) atoms. The number of allylic oxidation sites excluding steroid dienone is 2. The van der Waals surface area contributed by atoms with Crippen LogP contribution in [0.3, 0.4) is 0 Å². The molecule has 2 N–H and O–H groups in total. The van der Waals surface area contributed by atoms with Crippen LogP contribution in [0, 0.1) is 0 Å². The summed E-state index contributed by atoms with van der Waals surface area (Å²) in [4.78, 5) is 5.13. The van der Waals surface area contributed by atoms with E-state index in [-0.39, 0.29) is 0 Å². The Bertz CT molecular complexity index is 1000. The second-order valence-corrected chi connectivity index (χ2v) is 7.78. The molecule has 4 rings (SSSR count). The third-order valence-corrected chi connectivity index (χ3v) is 5.69. The molecule has 0 radical (unpaired) electrons. The lowest BCUT2D eigenvalue weighted by Gasteiger charge is -2.18. The lowest BCUT2D eigenvalue weighted by atomic mass is 9.93. The Morgan fingerprint density at radius 1 is 1.23 bits per heavy atom. The zero-order valence-electron chi connectivity index (χ0n) is 16.2. The number of fused-ring (bicyclic) bond motifs is 4. The highest BCUT2D eigenvalue weighted by molar-refractivity contribution is 6.13. The fourth-order valence-corrected chi connectivity index (χ4v) is 4.28. The van der Waals surface area contributed by atoms with E-state index in [1.165, 1.54) is 51.5 Å². The standard InChI is InChI=1S/C23H29N3/c1-4-16-11-12-20-18(14-16)21-22(24)17-9-5-6-10-19(17)25-23(21)26(20)13-7-8-15(2)3/h8,11-12,14H,4-7,9-10,13H2,1-3H3,(H2,24,25). The van der Waals surface area contributed by atoms with Crippen molar-refractivity contribution in [3.8, 4) is 0 Å². The van der Waals surface area contributed by atoms with E-state index in [9.17, 15) is 0 Å². The molecule has 0 spiro atoms. The SMILES string of the molecule is CCc1ccc2c(c1)c1c(N)c3c(nc1n2CCC=C(C)C)CCCC3. The van der Waals surface area contributed by atoms with E-state index < -0.39 is 0 Å². The Labute approximate surface area is 155 Å². The smallest absolute Gasteiger partial charge is 0.143 e. The van der Waals surface area contributed by atoms with E-state index in [1.807, 2.05) is 0 Å². The molecule has 0 amide bonds. The molecule has 0 bridgehead atoms. The Morgan fingerprint density at radius 2 is 2.04 bits per heavy atom. The van der Waals surface area contributed by atoms with Crippen molar-refractivity contribution in [2.24, 2.45) is 0 Å². The van der Waals surface area contributed by atoms with Crippen molar-refractivity contribution < 1.29 is 0 Å². The number of nitrogen functional groups attached to an aromatic ring is 1. The summed E-state index contributed by atoms with van der Waals surface area (Å²) >= 11 is 0. The maximum absolute atomic E-state index is 6.72. The van der Waals surface area contributed by atoms with Crippen LogP contribution in [-0.4, -0.2) is 9.55 Å². The van der Waals surface area contributed by atoms with Gasteiger partial charge in [-0.1, -0.05) is 24.6 Å². The minimum absolute atomic E-state index is 0.946. The number of aromatic nitrogens is 2. The van der Waals surface area contributed by atoms with Crippen LogP contribution in [0.4, 0.5) is 5.69 Å². The first-order valence-corrected chi connectivity index (χ1v) is 9.95. The lowest BCUT2D eigenvalue weighted by molar-refractivity contribution is 0.668. The highest BCUT2D eigenvalue weighted by atomic mass is 15.0. The Morgan fingerprint density at radius 3 is 2.81 bits per heavy atom. The van der Waals surface area contributed by atoms with Gasteiger partial charge in [0.05, 0.1) is 10.9 Å². The molecule has 0 aliphatic heterocycles. The third-order valence-electron chi connectivity index (χ3n) is 5.69. The molecule has 1 aromatic carbocycles. The van der Waals surface area contributed by atoms with Crippen molar-refractivity contribution in [3.63, 3.8) is 0 Å². The fraction of sp³-hybridized carbons (Fsp3) is 0.435. The van der Waals surface area contributed by atoms with Crippen molar-refractivity contribution in [1.29, 1.82) is 0 Å². The van der Waals surface area contributed by atoms with Crippen LogP contribution in [0.15, 0.2) is 29.8 Å². The predicted molar refractivity (Wildman–Crippen MR) is 112 cm³/mol. The molecule has 3 heteroatoms. The predicted octanol–water partition coefficient (Wildman–Crippen LogP) is 5.57. The van der Waals surface area contributed by atoms with Gasteiger partial charge in [-0.15, -0.1) is 0 Å². The molecule has 1 aliphatic rings. The second-order valence-electron chi connectivity index (χ2n) is 7.78. The summed E-state index contributed by atoms with van der Waals surface area (Å²) in [5.74, 6) is 0. The quantitative estimate of drug-likeness (QED) is 0.627. The fourth-order valence-electron chi connectivity index (χ4n) is 4.28. The van der Waals surface area contributed by atoms with Crippen molar-refractivity contribution in [3.05, 3.63) is 46.7 Å². The first kappa shape index (κ1) is 17.1. The van der Waals surface area contributed by atoms with Crippen LogP contribution in [0.1, 0.15) is 56.9 Å². The molecule has 0 saturated heterocycles. The van der Waals surface area contributed by atoms with Gasteiger partial charge in [-0.25, -0.2) is 4.98 Å². The normalized spacial score (nSPS) is 14.0. The second kappa shape index (κ2) is 6.79. The van der Waals surface area contributed by atoms with E-state index in [4.69, 9.17) is 10.7 Å². The molecule has 0 fully saturated rings. The molecular weight excluding hydrogens is 318 g/mol. The summed E-state index contributed by atoms with van der Waals surface area (Å²) in [7, 11) is 0. The number of aryl methyl sites for hydroxylation is 3. The first-order chi connectivity index (χ1) is 12.6. The molecule has 0 saturated carbocycles. The minimum Gasteiger partial charge on any atom is -0.398 e. The molecule has 3 nitrogen and oxygen atoms in total. The molecule has 3 aromatic rings. The number of pyridine rings is 1. The summed E-state index contributed by atoms with van der Waals surface area (Å²) in [6.45, 7) is 7.47. The molecular formula is C23H29N3. The van der Waals surface area contributed by atoms with Gasteiger partial charge >= 0.3 is 0 Å². The Balaban J connectivity index is 2.00. The molecule has 0 unspecified atom stereocenters. The van der Waals surface area contributed by atoms with Gasteiger partial charge in [0.25, 0.3) is 0 Å². The number of rotatable bonds is 4. The number of anilines is 1. The van der Waals surface area contributed by atoms with Crippen LogP contribution in [0.5, 0.6) is 0 Å². The maximum Gasteiger partial charge on any atom is 0.143 e.